The largest absolute Gasteiger partial charge is 0.343 e. The fraction of sp³-hybridized carbons (Fsp3) is 0.400. The minimum atomic E-state index is -0.603. The van der Waals surface area contributed by atoms with Crippen LogP contribution in [0.5, 0.6) is 0 Å². The van der Waals surface area contributed by atoms with Crippen molar-refractivity contribution in [3.63, 3.8) is 0 Å². The summed E-state index contributed by atoms with van der Waals surface area (Å²) in [5, 5.41) is 10.3. The van der Waals surface area contributed by atoms with Gasteiger partial charge in [0.1, 0.15) is 6.04 Å². The van der Waals surface area contributed by atoms with Crippen LogP contribution in [0.15, 0.2) is 17.5 Å². The molecule has 1 heterocycles. The van der Waals surface area contributed by atoms with Gasteiger partial charge < -0.3 is 10.6 Å². The molecule has 0 radical (unpaired) electrons. The van der Waals surface area contributed by atoms with Crippen molar-refractivity contribution in [1.29, 1.82) is 5.26 Å². The Balaban J connectivity index is 2.57. The maximum absolute atomic E-state index is 11.7. The second kappa shape index (κ2) is 5.49. The second-order valence-electron chi connectivity index (χ2n) is 3.16. The van der Waals surface area contributed by atoms with Gasteiger partial charge in [-0.05, 0) is 11.4 Å². The quantitative estimate of drug-likeness (QED) is 0.831. The predicted octanol–water partition coefficient (Wildman–Crippen LogP) is 1.12. The molecular formula is C10H13N3OS. The Labute approximate surface area is 92.9 Å². The van der Waals surface area contributed by atoms with Crippen molar-refractivity contribution < 1.29 is 4.79 Å². The molecule has 1 aromatic heterocycles. The Hall–Kier alpha value is -1.38. The summed E-state index contributed by atoms with van der Waals surface area (Å²) in [4.78, 5) is 14.1. The van der Waals surface area contributed by atoms with Gasteiger partial charge in [-0.3, -0.25) is 4.79 Å². The Morgan fingerprint density at radius 3 is 3.07 bits per heavy atom. The van der Waals surface area contributed by atoms with E-state index < -0.39 is 6.04 Å². The van der Waals surface area contributed by atoms with Gasteiger partial charge >= 0.3 is 0 Å². The Morgan fingerprint density at radius 1 is 1.80 bits per heavy atom. The number of amides is 1. The molecule has 1 unspecified atom stereocenters. The normalized spacial score (nSPS) is 11.8. The van der Waals surface area contributed by atoms with Gasteiger partial charge in [-0.1, -0.05) is 6.07 Å². The molecule has 0 fully saturated rings. The van der Waals surface area contributed by atoms with E-state index in [0.29, 0.717) is 13.0 Å². The first-order valence-corrected chi connectivity index (χ1v) is 5.45. The topological polar surface area (TPSA) is 70.1 Å². The van der Waals surface area contributed by atoms with E-state index in [9.17, 15) is 4.79 Å². The molecule has 0 aromatic carbocycles. The molecule has 2 N–H and O–H groups in total. The number of nitrogens with two attached hydrogens (primary N) is 1. The SMILES string of the molecule is CN(CCC#N)C(=O)C(N)c1cccs1. The van der Waals surface area contributed by atoms with E-state index in [2.05, 4.69) is 0 Å². The highest BCUT2D eigenvalue weighted by atomic mass is 32.1. The van der Waals surface area contributed by atoms with Crippen molar-refractivity contribution in [2.75, 3.05) is 13.6 Å². The molecule has 0 saturated carbocycles. The lowest BCUT2D eigenvalue weighted by molar-refractivity contribution is -0.131. The number of likely N-dealkylation sites (N-methyl/N-ethyl adjacent to an activating group) is 1. The Bertz CT molecular complexity index is 355. The number of hydrogen-bond donors (Lipinski definition) is 1. The van der Waals surface area contributed by atoms with Gasteiger partial charge in [0, 0.05) is 18.5 Å². The number of hydrogen-bond acceptors (Lipinski definition) is 4. The third kappa shape index (κ3) is 3.05. The fourth-order valence-corrected chi connectivity index (χ4v) is 1.87. The minimum Gasteiger partial charge on any atom is -0.343 e. The van der Waals surface area contributed by atoms with Crippen LogP contribution in [0.2, 0.25) is 0 Å². The first-order chi connectivity index (χ1) is 7.16. The van der Waals surface area contributed by atoms with Crippen molar-refractivity contribution >= 4 is 17.2 Å². The lowest BCUT2D eigenvalue weighted by Crippen LogP contribution is -2.35. The molecule has 0 aliphatic rings. The molecule has 15 heavy (non-hydrogen) atoms. The van der Waals surface area contributed by atoms with E-state index in [4.69, 9.17) is 11.0 Å². The van der Waals surface area contributed by atoms with Crippen molar-refractivity contribution in [2.24, 2.45) is 5.73 Å². The first kappa shape index (κ1) is 11.7. The van der Waals surface area contributed by atoms with Crippen LogP contribution in [0.3, 0.4) is 0 Å². The monoisotopic (exact) mass is 223 g/mol. The van der Waals surface area contributed by atoms with Gasteiger partial charge in [0.15, 0.2) is 0 Å². The van der Waals surface area contributed by atoms with Gasteiger partial charge in [0.2, 0.25) is 5.91 Å². The number of rotatable bonds is 4. The van der Waals surface area contributed by atoms with Crippen LogP contribution in [0.4, 0.5) is 0 Å². The minimum absolute atomic E-state index is 0.146. The van der Waals surface area contributed by atoms with Gasteiger partial charge in [-0.2, -0.15) is 5.26 Å². The second-order valence-corrected chi connectivity index (χ2v) is 4.14. The molecule has 1 aromatic rings. The lowest BCUT2D eigenvalue weighted by Gasteiger charge is -2.19. The molecule has 1 amide bonds. The zero-order valence-electron chi connectivity index (χ0n) is 8.51. The summed E-state index contributed by atoms with van der Waals surface area (Å²) < 4.78 is 0. The highest BCUT2D eigenvalue weighted by Crippen LogP contribution is 2.18. The molecule has 0 bridgehead atoms. The van der Waals surface area contributed by atoms with Gasteiger partial charge in [-0.25, -0.2) is 0 Å². The van der Waals surface area contributed by atoms with Crippen molar-refractivity contribution in [1.82, 2.24) is 4.90 Å². The molecule has 80 valence electrons. The molecule has 1 atom stereocenters. The highest BCUT2D eigenvalue weighted by Gasteiger charge is 2.19. The van der Waals surface area contributed by atoms with Crippen LogP contribution in [0.25, 0.3) is 0 Å². The number of nitriles is 1. The Kier molecular flexibility index (Phi) is 4.28. The first-order valence-electron chi connectivity index (χ1n) is 4.57. The van der Waals surface area contributed by atoms with Crippen LogP contribution in [0.1, 0.15) is 17.3 Å². The highest BCUT2D eigenvalue weighted by molar-refractivity contribution is 7.10. The number of carbonyl (C=O) groups is 1. The van der Waals surface area contributed by atoms with E-state index in [0.717, 1.165) is 4.88 Å². The molecule has 0 saturated heterocycles. The van der Waals surface area contributed by atoms with Gasteiger partial charge in [0.25, 0.3) is 0 Å². The molecule has 0 spiro atoms. The molecule has 5 heteroatoms. The lowest BCUT2D eigenvalue weighted by atomic mass is 10.2. The number of carbonyl (C=O) groups excluding carboxylic acids is 1. The summed E-state index contributed by atoms with van der Waals surface area (Å²) in [6.07, 6.45) is 0.333. The van der Waals surface area contributed by atoms with Gasteiger partial charge in [-0.15, -0.1) is 11.3 Å². The van der Waals surface area contributed by atoms with E-state index in [1.54, 1.807) is 7.05 Å². The number of thiophene rings is 1. The fourth-order valence-electron chi connectivity index (χ4n) is 1.16. The summed E-state index contributed by atoms with van der Waals surface area (Å²) in [6, 6.07) is 5.09. The average molecular weight is 223 g/mol. The van der Waals surface area contributed by atoms with Crippen molar-refractivity contribution in [3.05, 3.63) is 22.4 Å². The van der Waals surface area contributed by atoms with Crippen molar-refractivity contribution in [2.45, 2.75) is 12.5 Å². The standard InChI is InChI=1S/C10H13N3OS/c1-13(6-3-5-11)10(14)9(12)8-4-2-7-15-8/h2,4,7,9H,3,6,12H2,1H3. The predicted molar refractivity (Wildman–Crippen MR) is 59.1 cm³/mol. The summed E-state index contributed by atoms with van der Waals surface area (Å²) in [5.41, 5.74) is 5.79. The van der Waals surface area contributed by atoms with Crippen LogP contribution in [-0.4, -0.2) is 24.4 Å². The van der Waals surface area contributed by atoms with E-state index in [1.807, 2.05) is 23.6 Å². The molecule has 1 rings (SSSR count). The summed E-state index contributed by atoms with van der Waals surface area (Å²) in [7, 11) is 1.66. The molecule has 0 aliphatic heterocycles. The third-order valence-corrected chi connectivity index (χ3v) is 3.01. The van der Waals surface area contributed by atoms with E-state index in [-0.39, 0.29) is 5.91 Å². The average Bonchev–Trinajstić information content (AvgIpc) is 2.77. The zero-order chi connectivity index (χ0) is 11.3. The summed E-state index contributed by atoms with van der Waals surface area (Å²) in [6.45, 7) is 0.425. The summed E-state index contributed by atoms with van der Waals surface area (Å²) >= 11 is 1.46. The smallest absolute Gasteiger partial charge is 0.244 e. The number of nitrogens with zero attached hydrogens (tertiary/aromatic N) is 2. The third-order valence-electron chi connectivity index (χ3n) is 2.05. The Morgan fingerprint density at radius 2 is 2.53 bits per heavy atom. The molecule has 0 aliphatic carbocycles. The summed E-state index contributed by atoms with van der Waals surface area (Å²) in [5.74, 6) is -0.146. The molecular weight excluding hydrogens is 210 g/mol. The zero-order valence-corrected chi connectivity index (χ0v) is 9.33. The van der Waals surface area contributed by atoms with Gasteiger partial charge in [0.05, 0.1) is 12.5 Å². The van der Waals surface area contributed by atoms with Crippen LogP contribution >= 0.6 is 11.3 Å². The van der Waals surface area contributed by atoms with Crippen LogP contribution in [-0.2, 0) is 4.79 Å². The van der Waals surface area contributed by atoms with Crippen molar-refractivity contribution in [3.8, 4) is 6.07 Å². The van der Waals surface area contributed by atoms with Crippen LogP contribution < -0.4 is 5.73 Å². The maximum atomic E-state index is 11.7. The molecule has 4 nitrogen and oxygen atoms in total. The van der Waals surface area contributed by atoms with Crippen LogP contribution in [0, 0.1) is 11.3 Å². The van der Waals surface area contributed by atoms with E-state index >= 15 is 0 Å². The maximum Gasteiger partial charge on any atom is 0.244 e. The van der Waals surface area contributed by atoms with E-state index in [1.165, 1.54) is 16.2 Å².